The molecule has 0 unspecified atom stereocenters. The van der Waals surface area contributed by atoms with Gasteiger partial charge in [0, 0.05) is 23.4 Å². The van der Waals surface area contributed by atoms with Crippen LogP contribution in [-0.4, -0.2) is 15.8 Å². The zero-order valence-corrected chi connectivity index (χ0v) is 13.8. The molecular weight excluding hydrogens is 351 g/mol. The van der Waals surface area contributed by atoms with Crippen molar-refractivity contribution >= 4 is 27.6 Å². The molecule has 6 heteroatoms. The topological polar surface area (TPSA) is 42.9 Å². The van der Waals surface area contributed by atoms with Crippen molar-refractivity contribution in [2.24, 2.45) is 0 Å². The Morgan fingerprint density at radius 2 is 1.62 bits per heavy atom. The number of carbonyl (C=O) groups is 1. The molecule has 2 heterocycles. The van der Waals surface area contributed by atoms with Gasteiger partial charge in [-0.05, 0) is 12.1 Å². The number of rotatable bonds is 2. The molecule has 0 aliphatic heterocycles. The Morgan fingerprint density at radius 1 is 1.00 bits per heavy atom. The van der Waals surface area contributed by atoms with Gasteiger partial charge in [0.1, 0.15) is 5.69 Å². The second-order valence-corrected chi connectivity index (χ2v) is 4.19. The average molecular weight is 363 g/mol. The number of carbonyl (C=O) groups excluding carboxylic acids is 1. The smallest absolute Gasteiger partial charge is 1.00 e. The van der Waals surface area contributed by atoms with Crippen molar-refractivity contribution in [1.29, 1.82) is 0 Å². The van der Waals surface area contributed by atoms with E-state index in [0.717, 1.165) is 21.8 Å². The fourth-order valence-corrected chi connectivity index (χ4v) is 2.06. The van der Waals surface area contributed by atoms with Gasteiger partial charge in [-0.1, -0.05) is 31.2 Å². The molecule has 1 aromatic carbocycles. The standard InChI is InChI=1S/C15H12N2O.2ClH.Fe/c1-2-13(18)12-8-7-11-6-5-10-4-3-9-16-14(10)15(11)17-12;;;/h3-9H,2H2,1H3;2*1H;/q;;;+2/p-2. The number of halogens is 2. The van der Waals surface area contributed by atoms with Crippen molar-refractivity contribution in [2.75, 3.05) is 0 Å². The van der Waals surface area contributed by atoms with Crippen LogP contribution in [-0.2, 0) is 17.1 Å². The van der Waals surface area contributed by atoms with E-state index in [9.17, 15) is 4.79 Å². The zero-order valence-electron chi connectivity index (χ0n) is 11.2. The number of ketones is 1. The first-order valence-electron chi connectivity index (χ1n) is 5.97. The number of aromatic nitrogens is 2. The molecule has 3 rings (SSSR count). The molecule has 0 spiro atoms. The maximum Gasteiger partial charge on any atom is 2.00 e. The molecule has 0 N–H and O–H groups in total. The fourth-order valence-electron chi connectivity index (χ4n) is 2.06. The molecule has 0 bridgehead atoms. The molecule has 0 fully saturated rings. The molecule has 0 saturated heterocycles. The number of benzene rings is 1. The third-order valence-corrected chi connectivity index (χ3v) is 3.04. The van der Waals surface area contributed by atoms with Gasteiger partial charge in [-0.25, -0.2) is 4.98 Å². The third-order valence-electron chi connectivity index (χ3n) is 3.04. The van der Waals surface area contributed by atoms with Crippen LogP contribution in [0.4, 0.5) is 0 Å². The van der Waals surface area contributed by atoms with Crippen LogP contribution in [0.15, 0.2) is 42.6 Å². The summed E-state index contributed by atoms with van der Waals surface area (Å²) < 4.78 is 0. The molecule has 3 aromatic rings. The van der Waals surface area contributed by atoms with Crippen LogP contribution >= 0.6 is 0 Å². The Morgan fingerprint density at radius 3 is 2.29 bits per heavy atom. The van der Waals surface area contributed by atoms with Crippen molar-refractivity contribution in [3.8, 4) is 0 Å². The minimum atomic E-state index is 0. The largest absolute Gasteiger partial charge is 2.00 e. The van der Waals surface area contributed by atoms with Gasteiger partial charge in [0.25, 0.3) is 0 Å². The molecule has 0 saturated carbocycles. The summed E-state index contributed by atoms with van der Waals surface area (Å²) in [4.78, 5) is 20.5. The van der Waals surface area contributed by atoms with E-state index in [4.69, 9.17) is 0 Å². The van der Waals surface area contributed by atoms with Gasteiger partial charge in [-0.3, -0.25) is 9.78 Å². The van der Waals surface area contributed by atoms with Crippen LogP contribution in [0, 0.1) is 0 Å². The minimum absolute atomic E-state index is 0. The van der Waals surface area contributed by atoms with Gasteiger partial charge < -0.3 is 24.8 Å². The average Bonchev–Trinajstić information content (AvgIpc) is 2.45. The molecule has 21 heavy (non-hydrogen) atoms. The maximum atomic E-state index is 11.7. The zero-order chi connectivity index (χ0) is 12.5. The SMILES string of the molecule is CCC(=O)c1ccc2ccc3cccnc3c2n1.[Cl-].[Cl-].[Fe+2]. The van der Waals surface area contributed by atoms with Crippen LogP contribution < -0.4 is 24.8 Å². The van der Waals surface area contributed by atoms with E-state index in [2.05, 4.69) is 9.97 Å². The van der Waals surface area contributed by atoms with Gasteiger partial charge in [-0.15, -0.1) is 0 Å². The molecule has 0 atom stereocenters. The van der Waals surface area contributed by atoms with Crippen molar-refractivity contribution in [3.63, 3.8) is 0 Å². The number of hydrogen-bond donors (Lipinski definition) is 0. The minimum Gasteiger partial charge on any atom is -1.00 e. The number of Topliss-reactive ketones (excluding diaryl/α,β-unsaturated/α-hetero) is 1. The predicted molar refractivity (Wildman–Crippen MR) is 71.7 cm³/mol. The summed E-state index contributed by atoms with van der Waals surface area (Å²) in [6.45, 7) is 1.84. The Bertz CT molecular complexity index is 765. The Hall–Kier alpha value is -1.19. The van der Waals surface area contributed by atoms with E-state index in [1.165, 1.54) is 0 Å². The van der Waals surface area contributed by atoms with E-state index in [-0.39, 0.29) is 47.7 Å². The van der Waals surface area contributed by atoms with Crippen LogP contribution in [0.2, 0.25) is 0 Å². The summed E-state index contributed by atoms with van der Waals surface area (Å²) in [6.07, 6.45) is 2.22. The van der Waals surface area contributed by atoms with E-state index >= 15 is 0 Å². The van der Waals surface area contributed by atoms with Gasteiger partial charge in [0.15, 0.2) is 5.78 Å². The molecule has 0 radical (unpaired) electrons. The van der Waals surface area contributed by atoms with Crippen molar-refractivity contribution < 1.29 is 46.7 Å². The van der Waals surface area contributed by atoms with Crippen molar-refractivity contribution in [3.05, 3.63) is 48.3 Å². The van der Waals surface area contributed by atoms with Crippen LogP contribution in [0.3, 0.4) is 0 Å². The summed E-state index contributed by atoms with van der Waals surface area (Å²) in [7, 11) is 0. The van der Waals surface area contributed by atoms with Crippen molar-refractivity contribution in [1.82, 2.24) is 9.97 Å². The summed E-state index contributed by atoms with van der Waals surface area (Å²) in [5, 5.41) is 2.05. The van der Waals surface area contributed by atoms with Crippen molar-refractivity contribution in [2.45, 2.75) is 13.3 Å². The molecular formula is C15H12Cl2FeN2O. The van der Waals surface area contributed by atoms with Crippen LogP contribution in [0.5, 0.6) is 0 Å². The molecule has 0 aliphatic carbocycles. The monoisotopic (exact) mass is 362 g/mol. The van der Waals surface area contributed by atoms with E-state index in [1.807, 2.05) is 37.3 Å². The Kier molecular flexibility index (Phi) is 7.83. The summed E-state index contributed by atoms with van der Waals surface area (Å²) in [6, 6.07) is 11.6. The number of hydrogen-bond acceptors (Lipinski definition) is 3. The number of fused-ring (bicyclic) bond motifs is 3. The first-order chi connectivity index (χ1) is 8.79. The van der Waals surface area contributed by atoms with Gasteiger partial charge in [-0.2, -0.15) is 0 Å². The number of nitrogens with zero attached hydrogens (tertiary/aromatic N) is 2. The summed E-state index contributed by atoms with van der Waals surface area (Å²) in [5.74, 6) is 0.0600. The maximum absolute atomic E-state index is 11.7. The molecule has 0 aliphatic rings. The summed E-state index contributed by atoms with van der Waals surface area (Å²) in [5.41, 5.74) is 2.16. The van der Waals surface area contributed by atoms with E-state index < -0.39 is 0 Å². The summed E-state index contributed by atoms with van der Waals surface area (Å²) >= 11 is 0. The first-order valence-corrected chi connectivity index (χ1v) is 5.97. The second-order valence-electron chi connectivity index (χ2n) is 4.19. The number of pyridine rings is 2. The third kappa shape index (κ3) is 3.72. The van der Waals surface area contributed by atoms with Gasteiger partial charge in [0.05, 0.1) is 11.0 Å². The Labute approximate surface area is 145 Å². The van der Waals surface area contributed by atoms with Crippen LogP contribution in [0.25, 0.3) is 21.8 Å². The Balaban J connectivity index is 0.00000133. The van der Waals surface area contributed by atoms with Crippen LogP contribution in [0.1, 0.15) is 23.8 Å². The second kappa shape index (κ2) is 8.30. The normalized spacial score (nSPS) is 9.38. The molecule has 2 aromatic heterocycles. The molecule has 3 nitrogen and oxygen atoms in total. The first kappa shape index (κ1) is 19.8. The fraction of sp³-hybridized carbons (Fsp3) is 0.133. The van der Waals surface area contributed by atoms with E-state index in [1.54, 1.807) is 12.3 Å². The van der Waals surface area contributed by atoms with E-state index in [0.29, 0.717) is 12.1 Å². The predicted octanol–water partition coefficient (Wildman–Crippen LogP) is -2.62. The molecule has 110 valence electrons. The molecule has 0 amide bonds. The van der Waals surface area contributed by atoms with Gasteiger partial charge in [0.2, 0.25) is 0 Å². The quantitative estimate of drug-likeness (QED) is 0.285. The van der Waals surface area contributed by atoms with Gasteiger partial charge >= 0.3 is 17.1 Å².